The second kappa shape index (κ2) is 8.15. The Bertz CT molecular complexity index is 976. The molecule has 176 valence electrons. The van der Waals surface area contributed by atoms with Crippen molar-refractivity contribution < 1.29 is 28.4 Å². The molecule has 2 aromatic carbocycles. The van der Waals surface area contributed by atoms with Crippen molar-refractivity contribution >= 4 is 0 Å². The van der Waals surface area contributed by atoms with E-state index in [-0.39, 0.29) is 18.5 Å². The second-order valence-electron chi connectivity index (χ2n) is 10.2. The lowest BCUT2D eigenvalue weighted by Crippen LogP contribution is -2.62. The molecule has 3 heterocycles. The summed E-state index contributed by atoms with van der Waals surface area (Å²) in [5.74, 6) is -0.922. The van der Waals surface area contributed by atoms with Crippen molar-refractivity contribution in [3.8, 4) is 0 Å². The van der Waals surface area contributed by atoms with Crippen LogP contribution in [0.5, 0.6) is 0 Å². The Morgan fingerprint density at radius 2 is 1.76 bits per heavy atom. The van der Waals surface area contributed by atoms with Crippen molar-refractivity contribution in [1.82, 2.24) is 0 Å². The number of hydrogen-bond donors (Lipinski definition) is 0. The highest BCUT2D eigenvalue weighted by molar-refractivity contribution is 5.26. The zero-order valence-corrected chi connectivity index (χ0v) is 19.4. The molecule has 0 bridgehead atoms. The molecule has 0 unspecified atom stereocenters. The summed E-state index contributed by atoms with van der Waals surface area (Å²) in [6, 6.07) is 19.0. The van der Waals surface area contributed by atoms with Gasteiger partial charge in [-0.25, -0.2) is 0 Å². The quantitative estimate of drug-likeness (QED) is 0.674. The fraction of sp³-hybridized carbons (Fsp3) is 0.556. The number of benzene rings is 2. The first-order valence-electron chi connectivity index (χ1n) is 11.9. The van der Waals surface area contributed by atoms with Gasteiger partial charge in [-0.15, -0.1) is 0 Å². The van der Waals surface area contributed by atoms with Crippen molar-refractivity contribution in [3.05, 3.63) is 71.3 Å². The lowest BCUT2D eigenvalue weighted by atomic mass is 9.97. The summed E-state index contributed by atoms with van der Waals surface area (Å²) in [5.41, 5.74) is 3.66. The van der Waals surface area contributed by atoms with Crippen molar-refractivity contribution in [1.29, 1.82) is 0 Å². The van der Waals surface area contributed by atoms with Crippen molar-refractivity contribution in [2.75, 3.05) is 13.2 Å². The Kier molecular flexibility index (Phi) is 5.36. The summed E-state index contributed by atoms with van der Waals surface area (Å²) in [6.45, 7) is 7.01. The minimum atomic E-state index is -1.00. The molecule has 6 heteroatoms. The number of fused-ring (bicyclic) bond motifs is 1. The van der Waals surface area contributed by atoms with Crippen LogP contribution in [0.15, 0.2) is 54.6 Å². The van der Waals surface area contributed by atoms with Gasteiger partial charge in [-0.2, -0.15) is 0 Å². The van der Waals surface area contributed by atoms with Gasteiger partial charge in [0, 0.05) is 5.92 Å². The molecule has 4 aliphatic rings. The standard InChI is InChI=1S/C27H32O6/c1-17-9-11-18(12-10-17)14-28-24-23-22(15-29-27(24)16-30-26(2,3)33-27)31-25(32-23)21-13-20(21)19-7-5-4-6-8-19/h4-12,20-25H,13-16H2,1-3H3/t20-,21+,22+,23+,24-,25+,27-/m0/s1. The van der Waals surface area contributed by atoms with E-state index in [4.69, 9.17) is 28.4 Å². The van der Waals surface area contributed by atoms with Gasteiger partial charge in [-0.3, -0.25) is 0 Å². The lowest BCUT2D eigenvalue weighted by Gasteiger charge is -2.43. The molecule has 6 rings (SSSR count). The molecule has 1 saturated carbocycles. The number of hydrogen-bond acceptors (Lipinski definition) is 6. The maximum absolute atomic E-state index is 6.55. The fourth-order valence-electron chi connectivity index (χ4n) is 5.33. The van der Waals surface area contributed by atoms with Gasteiger partial charge in [0.05, 0.1) is 13.2 Å². The first kappa shape index (κ1) is 21.7. The van der Waals surface area contributed by atoms with E-state index in [2.05, 4.69) is 61.5 Å². The number of aryl methyl sites for hydroxylation is 1. The average molecular weight is 453 g/mol. The van der Waals surface area contributed by atoms with Crippen LogP contribution in [0.25, 0.3) is 0 Å². The van der Waals surface area contributed by atoms with Gasteiger partial charge in [0.1, 0.15) is 24.9 Å². The third-order valence-corrected chi connectivity index (χ3v) is 7.20. The molecule has 33 heavy (non-hydrogen) atoms. The van der Waals surface area contributed by atoms with E-state index in [9.17, 15) is 0 Å². The fourth-order valence-corrected chi connectivity index (χ4v) is 5.33. The van der Waals surface area contributed by atoms with Crippen LogP contribution in [0, 0.1) is 12.8 Å². The molecule has 3 saturated heterocycles. The highest BCUT2D eigenvalue weighted by atomic mass is 16.9. The predicted molar refractivity (Wildman–Crippen MR) is 120 cm³/mol. The van der Waals surface area contributed by atoms with Gasteiger partial charge >= 0.3 is 0 Å². The molecule has 3 aliphatic heterocycles. The summed E-state index contributed by atoms with van der Waals surface area (Å²) in [6.07, 6.45) is -0.110. The Balaban J connectivity index is 1.20. The van der Waals surface area contributed by atoms with Gasteiger partial charge in [0.2, 0.25) is 5.79 Å². The molecule has 0 amide bonds. The minimum absolute atomic E-state index is 0.187. The Morgan fingerprint density at radius 3 is 2.48 bits per heavy atom. The Morgan fingerprint density at radius 1 is 0.970 bits per heavy atom. The van der Waals surface area contributed by atoms with Gasteiger partial charge in [-0.05, 0) is 44.2 Å². The highest BCUT2D eigenvalue weighted by Crippen LogP contribution is 2.54. The summed E-state index contributed by atoms with van der Waals surface area (Å²) < 4.78 is 37.9. The topological polar surface area (TPSA) is 55.4 Å². The van der Waals surface area contributed by atoms with Crippen LogP contribution >= 0.6 is 0 Å². The Hall–Kier alpha value is -1.80. The van der Waals surface area contributed by atoms with E-state index in [1.807, 2.05) is 13.8 Å². The van der Waals surface area contributed by atoms with Crippen LogP contribution < -0.4 is 0 Å². The van der Waals surface area contributed by atoms with Gasteiger partial charge in [0.25, 0.3) is 0 Å². The molecule has 0 N–H and O–H groups in total. The number of ether oxygens (including phenoxy) is 6. The summed E-state index contributed by atoms with van der Waals surface area (Å²) in [7, 11) is 0. The third-order valence-electron chi connectivity index (χ3n) is 7.20. The first-order valence-corrected chi connectivity index (χ1v) is 11.9. The second-order valence-corrected chi connectivity index (χ2v) is 10.2. The molecule has 2 aromatic rings. The highest BCUT2D eigenvalue weighted by Gasteiger charge is 2.64. The van der Waals surface area contributed by atoms with Gasteiger partial charge in [0.15, 0.2) is 12.1 Å². The molecule has 7 atom stereocenters. The summed E-state index contributed by atoms with van der Waals surface area (Å²) >= 11 is 0. The summed E-state index contributed by atoms with van der Waals surface area (Å²) in [4.78, 5) is 0. The Labute approximate surface area is 195 Å². The van der Waals surface area contributed by atoms with E-state index in [0.717, 1.165) is 12.0 Å². The monoisotopic (exact) mass is 452 g/mol. The van der Waals surface area contributed by atoms with Crippen LogP contribution in [0.3, 0.4) is 0 Å². The molecule has 1 aliphatic carbocycles. The largest absolute Gasteiger partial charge is 0.365 e. The lowest BCUT2D eigenvalue weighted by molar-refractivity contribution is -0.336. The summed E-state index contributed by atoms with van der Waals surface area (Å²) in [5, 5.41) is 0. The van der Waals surface area contributed by atoms with Gasteiger partial charge < -0.3 is 28.4 Å². The van der Waals surface area contributed by atoms with Crippen LogP contribution in [-0.2, 0) is 35.0 Å². The zero-order chi connectivity index (χ0) is 22.6. The first-order chi connectivity index (χ1) is 15.9. The molecular formula is C27H32O6. The SMILES string of the molecule is Cc1ccc(CO[C@H]2[C@@H]3O[C@H]([C@@H]4C[C@H]4c4ccccc4)O[C@@H]3CO[C@]23COC(C)(C)O3)cc1. The molecule has 1 spiro atoms. The average Bonchev–Trinajstić information content (AvgIpc) is 3.40. The van der Waals surface area contributed by atoms with Crippen LogP contribution in [-0.4, -0.2) is 49.4 Å². The maximum atomic E-state index is 6.55. The normalized spacial score (nSPS) is 39.0. The molecule has 0 aromatic heterocycles. The minimum Gasteiger partial charge on any atom is -0.365 e. The van der Waals surface area contributed by atoms with E-state index in [1.54, 1.807) is 0 Å². The van der Waals surface area contributed by atoms with E-state index in [0.29, 0.717) is 31.7 Å². The maximum Gasteiger partial charge on any atom is 0.224 e. The molecule has 6 nitrogen and oxygen atoms in total. The van der Waals surface area contributed by atoms with Gasteiger partial charge in [-0.1, -0.05) is 60.2 Å². The van der Waals surface area contributed by atoms with Crippen LogP contribution in [0.1, 0.15) is 42.9 Å². The van der Waals surface area contributed by atoms with E-state index < -0.39 is 17.7 Å². The number of rotatable bonds is 5. The van der Waals surface area contributed by atoms with Crippen molar-refractivity contribution in [3.63, 3.8) is 0 Å². The molecule has 4 fully saturated rings. The zero-order valence-electron chi connectivity index (χ0n) is 19.4. The molecule has 0 radical (unpaired) electrons. The third kappa shape index (κ3) is 4.14. The van der Waals surface area contributed by atoms with Crippen molar-refractivity contribution in [2.24, 2.45) is 5.92 Å². The van der Waals surface area contributed by atoms with Crippen LogP contribution in [0.4, 0.5) is 0 Å². The predicted octanol–water partition coefficient (Wildman–Crippen LogP) is 4.30. The smallest absolute Gasteiger partial charge is 0.224 e. The van der Waals surface area contributed by atoms with Crippen molar-refractivity contribution in [2.45, 2.75) is 75.9 Å². The van der Waals surface area contributed by atoms with Crippen LogP contribution in [0.2, 0.25) is 0 Å². The molecular weight excluding hydrogens is 420 g/mol. The van der Waals surface area contributed by atoms with E-state index >= 15 is 0 Å². The van der Waals surface area contributed by atoms with E-state index in [1.165, 1.54) is 11.1 Å².